The third-order valence-electron chi connectivity index (χ3n) is 2.83. The lowest BCUT2D eigenvalue weighted by molar-refractivity contribution is 0.576. The Morgan fingerprint density at radius 3 is 2.68 bits per heavy atom. The van der Waals surface area contributed by atoms with Crippen LogP contribution in [0.3, 0.4) is 0 Å². The molecule has 5 heteroatoms. The molecule has 0 bridgehead atoms. The molecule has 0 fully saturated rings. The Morgan fingerprint density at radius 2 is 2.00 bits per heavy atom. The van der Waals surface area contributed by atoms with E-state index in [1.165, 1.54) is 0 Å². The molecule has 2 aromatic heterocycles. The van der Waals surface area contributed by atoms with Gasteiger partial charge in [0.1, 0.15) is 11.5 Å². The highest BCUT2D eigenvalue weighted by molar-refractivity contribution is 9.10. The van der Waals surface area contributed by atoms with E-state index < -0.39 is 0 Å². The van der Waals surface area contributed by atoms with Crippen LogP contribution in [0.25, 0.3) is 11.5 Å². The Morgan fingerprint density at radius 1 is 1.21 bits per heavy atom. The van der Waals surface area contributed by atoms with Crippen LogP contribution in [0.4, 0.5) is 5.82 Å². The number of furan rings is 1. The first-order valence-electron chi connectivity index (χ1n) is 5.84. The average Bonchev–Trinajstić information content (AvgIpc) is 3.03. The van der Waals surface area contributed by atoms with Crippen molar-refractivity contribution in [3.8, 4) is 11.5 Å². The van der Waals surface area contributed by atoms with Crippen molar-refractivity contribution >= 4 is 21.7 Å². The van der Waals surface area contributed by atoms with Crippen molar-refractivity contribution in [2.45, 2.75) is 6.54 Å². The molecule has 2 N–H and O–H groups in total. The van der Waals surface area contributed by atoms with Crippen LogP contribution in [0.5, 0.6) is 0 Å². The maximum atomic E-state index is 5.97. The van der Waals surface area contributed by atoms with E-state index in [9.17, 15) is 0 Å². The number of rotatable bonds is 3. The summed E-state index contributed by atoms with van der Waals surface area (Å²) in [6.45, 7) is 0.639. The normalized spacial score (nSPS) is 10.8. The highest BCUT2D eigenvalue weighted by atomic mass is 79.9. The molecule has 2 heterocycles. The lowest BCUT2D eigenvalue weighted by Gasteiger charge is -2.04. The smallest absolute Gasteiger partial charge is 0.154 e. The number of benzene rings is 1. The molecule has 0 spiro atoms. The summed E-state index contributed by atoms with van der Waals surface area (Å²) in [5.41, 5.74) is 7.87. The Balaban J connectivity index is 1.87. The summed E-state index contributed by atoms with van der Waals surface area (Å²) in [4.78, 5) is 0. The van der Waals surface area contributed by atoms with Crippen molar-refractivity contribution in [3.05, 3.63) is 58.8 Å². The first-order chi connectivity index (χ1) is 9.22. The van der Waals surface area contributed by atoms with Crippen LogP contribution in [0.2, 0.25) is 0 Å². The second kappa shape index (κ2) is 4.93. The summed E-state index contributed by atoms with van der Waals surface area (Å²) in [6, 6.07) is 13.6. The van der Waals surface area contributed by atoms with E-state index in [-0.39, 0.29) is 0 Å². The lowest BCUT2D eigenvalue weighted by atomic mass is 10.2. The van der Waals surface area contributed by atoms with Crippen molar-refractivity contribution in [2.75, 3.05) is 5.73 Å². The highest BCUT2D eigenvalue weighted by Gasteiger charge is 2.09. The maximum absolute atomic E-state index is 5.97. The number of anilines is 1. The molecule has 19 heavy (non-hydrogen) atoms. The largest absolute Gasteiger partial charge is 0.463 e. The Kier molecular flexibility index (Phi) is 3.13. The molecule has 0 radical (unpaired) electrons. The monoisotopic (exact) mass is 317 g/mol. The second-order valence-electron chi connectivity index (χ2n) is 4.22. The fourth-order valence-electron chi connectivity index (χ4n) is 1.87. The number of nitrogens with zero attached hydrogens (tertiary/aromatic N) is 2. The van der Waals surface area contributed by atoms with Crippen LogP contribution in [0, 0.1) is 0 Å². The Bertz CT molecular complexity index is 671. The Labute approximate surface area is 119 Å². The molecule has 4 nitrogen and oxygen atoms in total. The number of nitrogens with two attached hydrogens (primary N) is 1. The molecule has 0 amide bonds. The van der Waals surface area contributed by atoms with Crippen LogP contribution in [-0.2, 0) is 6.54 Å². The molecular weight excluding hydrogens is 306 g/mol. The van der Waals surface area contributed by atoms with E-state index >= 15 is 0 Å². The van der Waals surface area contributed by atoms with E-state index in [1.54, 1.807) is 10.9 Å². The predicted molar refractivity (Wildman–Crippen MR) is 77.6 cm³/mol. The van der Waals surface area contributed by atoms with Crippen LogP contribution in [0.1, 0.15) is 5.56 Å². The van der Waals surface area contributed by atoms with Gasteiger partial charge in [-0.3, -0.25) is 0 Å². The van der Waals surface area contributed by atoms with E-state index in [1.807, 2.05) is 42.5 Å². The third-order valence-corrected chi connectivity index (χ3v) is 3.36. The summed E-state index contributed by atoms with van der Waals surface area (Å²) < 4.78 is 8.14. The van der Waals surface area contributed by atoms with Gasteiger partial charge in [0, 0.05) is 10.5 Å². The molecule has 0 saturated carbocycles. The molecule has 3 rings (SSSR count). The standard InChI is InChI=1S/C14H12BrN3O/c15-11-5-3-10(4-6-11)9-18-14(16)8-12(17-18)13-2-1-7-19-13/h1-8H,9,16H2. The van der Waals surface area contributed by atoms with Crippen molar-refractivity contribution in [3.63, 3.8) is 0 Å². The first-order valence-corrected chi connectivity index (χ1v) is 6.63. The van der Waals surface area contributed by atoms with Crippen molar-refractivity contribution in [2.24, 2.45) is 0 Å². The number of hydrogen-bond acceptors (Lipinski definition) is 3. The van der Waals surface area contributed by atoms with Crippen molar-refractivity contribution in [1.29, 1.82) is 0 Å². The number of hydrogen-bond donors (Lipinski definition) is 1. The number of aromatic nitrogens is 2. The minimum atomic E-state index is 0.620. The van der Waals surface area contributed by atoms with Gasteiger partial charge >= 0.3 is 0 Å². The zero-order valence-corrected chi connectivity index (χ0v) is 11.7. The van der Waals surface area contributed by atoms with Gasteiger partial charge in [0.15, 0.2) is 5.76 Å². The van der Waals surface area contributed by atoms with Gasteiger partial charge in [-0.15, -0.1) is 0 Å². The number of halogens is 1. The van der Waals surface area contributed by atoms with Gasteiger partial charge in [-0.25, -0.2) is 4.68 Å². The van der Waals surface area contributed by atoms with Gasteiger partial charge in [-0.1, -0.05) is 28.1 Å². The maximum Gasteiger partial charge on any atom is 0.154 e. The third kappa shape index (κ3) is 2.56. The number of nitrogen functional groups attached to an aromatic ring is 1. The summed E-state index contributed by atoms with van der Waals surface area (Å²) in [5.74, 6) is 1.34. The molecule has 0 aliphatic rings. The molecule has 96 valence electrons. The predicted octanol–water partition coefficient (Wildman–Crippen LogP) is 3.54. The van der Waals surface area contributed by atoms with Gasteiger partial charge in [0.05, 0.1) is 12.8 Å². The van der Waals surface area contributed by atoms with Gasteiger partial charge in [-0.2, -0.15) is 5.10 Å². The molecule has 0 aliphatic carbocycles. The van der Waals surface area contributed by atoms with Gasteiger partial charge in [0.25, 0.3) is 0 Å². The first kappa shape index (κ1) is 12.0. The minimum absolute atomic E-state index is 0.620. The van der Waals surface area contributed by atoms with Crippen LogP contribution >= 0.6 is 15.9 Å². The van der Waals surface area contributed by atoms with E-state index in [0.29, 0.717) is 12.4 Å². The fraction of sp³-hybridized carbons (Fsp3) is 0.0714. The molecule has 0 atom stereocenters. The zero-order valence-electron chi connectivity index (χ0n) is 10.1. The van der Waals surface area contributed by atoms with Crippen molar-refractivity contribution in [1.82, 2.24) is 9.78 Å². The molecule has 0 aliphatic heterocycles. The van der Waals surface area contributed by atoms with E-state index in [0.717, 1.165) is 21.5 Å². The van der Waals surface area contributed by atoms with Gasteiger partial charge < -0.3 is 10.2 Å². The lowest BCUT2D eigenvalue weighted by Crippen LogP contribution is -2.05. The van der Waals surface area contributed by atoms with Gasteiger partial charge in [0.2, 0.25) is 0 Å². The topological polar surface area (TPSA) is 57.0 Å². The molecule has 3 aromatic rings. The molecule has 0 saturated heterocycles. The summed E-state index contributed by atoms with van der Waals surface area (Å²) in [5, 5.41) is 4.46. The summed E-state index contributed by atoms with van der Waals surface area (Å²) in [7, 11) is 0. The van der Waals surface area contributed by atoms with Crippen LogP contribution in [-0.4, -0.2) is 9.78 Å². The molecule has 1 aromatic carbocycles. The summed E-state index contributed by atoms with van der Waals surface area (Å²) in [6.07, 6.45) is 1.62. The zero-order chi connectivity index (χ0) is 13.2. The highest BCUT2D eigenvalue weighted by Crippen LogP contribution is 2.21. The van der Waals surface area contributed by atoms with E-state index in [4.69, 9.17) is 10.2 Å². The van der Waals surface area contributed by atoms with Crippen molar-refractivity contribution < 1.29 is 4.42 Å². The fourth-order valence-corrected chi connectivity index (χ4v) is 2.13. The van der Waals surface area contributed by atoms with Crippen LogP contribution in [0.15, 0.2) is 57.6 Å². The second-order valence-corrected chi connectivity index (χ2v) is 5.13. The quantitative estimate of drug-likeness (QED) is 0.803. The summed E-state index contributed by atoms with van der Waals surface area (Å²) >= 11 is 3.42. The molecule has 0 unspecified atom stereocenters. The minimum Gasteiger partial charge on any atom is -0.463 e. The molecular formula is C14H12BrN3O. The van der Waals surface area contributed by atoms with Crippen LogP contribution < -0.4 is 5.73 Å². The average molecular weight is 318 g/mol. The van der Waals surface area contributed by atoms with E-state index in [2.05, 4.69) is 21.0 Å². The van der Waals surface area contributed by atoms with Gasteiger partial charge in [-0.05, 0) is 29.8 Å². The Hall–Kier alpha value is -2.01. The SMILES string of the molecule is Nc1cc(-c2ccco2)nn1Cc1ccc(Br)cc1.